The second kappa shape index (κ2) is 8.82. The molecule has 0 saturated heterocycles. The van der Waals surface area contributed by atoms with Crippen LogP contribution in [0.25, 0.3) is 0 Å². The van der Waals surface area contributed by atoms with Crippen molar-refractivity contribution in [1.82, 2.24) is 5.32 Å². The van der Waals surface area contributed by atoms with E-state index in [1.807, 2.05) is 31.2 Å². The summed E-state index contributed by atoms with van der Waals surface area (Å²) in [7, 11) is 0. The Morgan fingerprint density at radius 2 is 1.71 bits per heavy atom. The molecule has 0 aromatic heterocycles. The molecule has 1 amide bonds. The number of rotatable bonds is 7. The monoisotopic (exact) mass is 329 g/mol. The number of hydrogen-bond acceptors (Lipinski definition) is 3. The Hall–Kier alpha value is -2.69. The minimum atomic E-state index is -0.524. The van der Waals surface area contributed by atoms with E-state index in [-0.39, 0.29) is 31.2 Å². The van der Waals surface area contributed by atoms with Crippen LogP contribution < -0.4 is 5.32 Å². The van der Waals surface area contributed by atoms with E-state index in [9.17, 15) is 14.0 Å². The second-order valence-electron chi connectivity index (χ2n) is 5.46. The fourth-order valence-electron chi connectivity index (χ4n) is 2.21. The standard InChI is InChI=1S/C19H20FNO3/c1-14-6-2-3-8-16(14)12-21-18(22)13-24-19(23)11-10-15-7-4-5-9-17(15)20/h2-9H,10-13H2,1H3,(H,21,22). The summed E-state index contributed by atoms with van der Waals surface area (Å²) in [5.41, 5.74) is 2.55. The number of carbonyl (C=O) groups excluding carboxylic acids is 2. The van der Waals surface area contributed by atoms with Crippen LogP contribution in [-0.2, 0) is 27.3 Å². The number of aryl methyl sites for hydroxylation is 2. The van der Waals surface area contributed by atoms with E-state index >= 15 is 0 Å². The van der Waals surface area contributed by atoms with Crippen LogP contribution in [0.5, 0.6) is 0 Å². The zero-order chi connectivity index (χ0) is 17.4. The normalized spacial score (nSPS) is 10.2. The van der Waals surface area contributed by atoms with E-state index in [4.69, 9.17) is 4.74 Å². The summed E-state index contributed by atoms with van der Waals surface area (Å²) < 4.78 is 18.3. The first-order chi connectivity index (χ1) is 11.6. The maximum absolute atomic E-state index is 13.4. The third-order valence-electron chi connectivity index (χ3n) is 3.66. The summed E-state index contributed by atoms with van der Waals surface area (Å²) in [6, 6.07) is 14.0. The number of esters is 1. The number of nitrogens with one attached hydrogen (secondary N) is 1. The van der Waals surface area contributed by atoms with Crippen molar-refractivity contribution in [3.05, 3.63) is 71.0 Å². The van der Waals surface area contributed by atoms with Crippen molar-refractivity contribution >= 4 is 11.9 Å². The van der Waals surface area contributed by atoms with Gasteiger partial charge in [0.05, 0.1) is 0 Å². The van der Waals surface area contributed by atoms with Gasteiger partial charge >= 0.3 is 5.97 Å². The molecule has 0 spiro atoms. The zero-order valence-corrected chi connectivity index (χ0v) is 13.5. The van der Waals surface area contributed by atoms with Gasteiger partial charge in [0.25, 0.3) is 5.91 Å². The fourth-order valence-corrected chi connectivity index (χ4v) is 2.21. The highest BCUT2D eigenvalue weighted by atomic mass is 19.1. The van der Waals surface area contributed by atoms with Crippen molar-refractivity contribution in [1.29, 1.82) is 0 Å². The predicted molar refractivity (Wildman–Crippen MR) is 88.7 cm³/mol. The summed E-state index contributed by atoms with van der Waals surface area (Å²) in [6.45, 7) is 2.02. The Morgan fingerprint density at radius 3 is 2.42 bits per heavy atom. The predicted octanol–water partition coefficient (Wildman–Crippen LogP) is 2.93. The topological polar surface area (TPSA) is 55.4 Å². The number of ether oxygens (including phenoxy) is 1. The first kappa shape index (κ1) is 17.7. The Kier molecular flexibility index (Phi) is 6.49. The molecule has 2 rings (SSSR count). The molecule has 24 heavy (non-hydrogen) atoms. The largest absolute Gasteiger partial charge is 0.456 e. The molecule has 0 saturated carbocycles. The Bertz CT molecular complexity index is 654. The smallest absolute Gasteiger partial charge is 0.306 e. The van der Waals surface area contributed by atoms with E-state index in [1.165, 1.54) is 6.07 Å². The summed E-state index contributed by atoms with van der Waals surface area (Å²) in [5.74, 6) is -1.23. The third-order valence-corrected chi connectivity index (χ3v) is 3.66. The van der Waals surface area contributed by atoms with Gasteiger partial charge < -0.3 is 10.1 Å². The summed E-state index contributed by atoms with van der Waals surface area (Å²) in [6.07, 6.45) is 0.280. The molecule has 0 heterocycles. The molecule has 2 aromatic rings. The fraction of sp³-hybridized carbons (Fsp3) is 0.263. The highest BCUT2D eigenvalue weighted by Gasteiger charge is 2.09. The van der Waals surface area contributed by atoms with Crippen molar-refractivity contribution < 1.29 is 18.7 Å². The average Bonchev–Trinajstić information content (AvgIpc) is 2.58. The molecule has 0 bridgehead atoms. The van der Waals surface area contributed by atoms with Crippen LogP contribution in [0.4, 0.5) is 4.39 Å². The van der Waals surface area contributed by atoms with Crippen LogP contribution in [0.15, 0.2) is 48.5 Å². The van der Waals surface area contributed by atoms with Gasteiger partial charge in [-0.15, -0.1) is 0 Å². The molecular formula is C19H20FNO3. The highest BCUT2D eigenvalue weighted by molar-refractivity contribution is 5.80. The van der Waals surface area contributed by atoms with E-state index in [2.05, 4.69) is 5.32 Å². The Morgan fingerprint density at radius 1 is 1.04 bits per heavy atom. The van der Waals surface area contributed by atoms with Crippen LogP contribution in [0, 0.1) is 12.7 Å². The Labute approximate surface area is 140 Å². The minimum absolute atomic E-state index is 0.0337. The zero-order valence-electron chi connectivity index (χ0n) is 13.5. The highest BCUT2D eigenvalue weighted by Crippen LogP contribution is 2.09. The molecule has 0 aliphatic heterocycles. The van der Waals surface area contributed by atoms with Crippen LogP contribution in [0.3, 0.4) is 0 Å². The lowest BCUT2D eigenvalue weighted by Crippen LogP contribution is -2.28. The first-order valence-corrected chi connectivity index (χ1v) is 7.76. The molecule has 0 aliphatic carbocycles. The van der Waals surface area contributed by atoms with Crippen LogP contribution in [0.1, 0.15) is 23.1 Å². The SMILES string of the molecule is Cc1ccccc1CNC(=O)COC(=O)CCc1ccccc1F. The van der Waals surface area contributed by atoms with Gasteiger partial charge in [-0.1, -0.05) is 42.5 Å². The number of benzene rings is 2. The van der Waals surface area contributed by atoms with Crippen molar-refractivity contribution in [2.24, 2.45) is 0 Å². The van der Waals surface area contributed by atoms with E-state index in [0.29, 0.717) is 12.1 Å². The average molecular weight is 329 g/mol. The lowest BCUT2D eigenvalue weighted by atomic mass is 10.1. The molecule has 0 radical (unpaired) electrons. The van der Waals surface area contributed by atoms with Gasteiger partial charge in [-0.3, -0.25) is 9.59 Å². The van der Waals surface area contributed by atoms with Crippen molar-refractivity contribution in [2.75, 3.05) is 6.61 Å². The number of halogens is 1. The molecule has 1 N–H and O–H groups in total. The first-order valence-electron chi connectivity index (χ1n) is 7.76. The van der Waals surface area contributed by atoms with E-state index < -0.39 is 5.97 Å². The maximum Gasteiger partial charge on any atom is 0.306 e. The van der Waals surface area contributed by atoms with Gasteiger partial charge in [-0.2, -0.15) is 0 Å². The Balaban J connectivity index is 1.69. The number of hydrogen-bond donors (Lipinski definition) is 1. The second-order valence-corrected chi connectivity index (χ2v) is 5.46. The molecule has 0 atom stereocenters. The van der Waals surface area contributed by atoms with Crippen molar-refractivity contribution in [2.45, 2.75) is 26.3 Å². The van der Waals surface area contributed by atoms with Crippen LogP contribution >= 0.6 is 0 Å². The van der Waals surface area contributed by atoms with Crippen molar-refractivity contribution in [3.8, 4) is 0 Å². The lowest BCUT2D eigenvalue weighted by Gasteiger charge is -2.08. The van der Waals surface area contributed by atoms with E-state index in [1.54, 1.807) is 18.2 Å². The molecule has 126 valence electrons. The molecule has 0 fully saturated rings. The maximum atomic E-state index is 13.4. The lowest BCUT2D eigenvalue weighted by molar-refractivity contribution is -0.148. The molecule has 0 unspecified atom stereocenters. The minimum Gasteiger partial charge on any atom is -0.456 e. The molecular weight excluding hydrogens is 309 g/mol. The summed E-state index contributed by atoms with van der Waals surface area (Å²) >= 11 is 0. The van der Waals surface area contributed by atoms with Gasteiger partial charge in [0, 0.05) is 13.0 Å². The summed E-state index contributed by atoms with van der Waals surface area (Å²) in [5, 5.41) is 2.70. The molecule has 0 aliphatic rings. The quantitative estimate of drug-likeness (QED) is 0.795. The van der Waals surface area contributed by atoms with Gasteiger partial charge in [-0.25, -0.2) is 4.39 Å². The number of amides is 1. The van der Waals surface area contributed by atoms with Gasteiger partial charge in [-0.05, 0) is 36.1 Å². The van der Waals surface area contributed by atoms with Crippen LogP contribution in [0.2, 0.25) is 0 Å². The van der Waals surface area contributed by atoms with Crippen molar-refractivity contribution in [3.63, 3.8) is 0 Å². The molecule has 2 aromatic carbocycles. The van der Waals surface area contributed by atoms with Crippen LogP contribution in [-0.4, -0.2) is 18.5 Å². The van der Waals surface area contributed by atoms with E-state index in [0.717, 1.165) is 11.1 Å². The number of carbonyl (C=O) groups is 2. The van der Waals surface area contributed by atoms with Gasteiger partial charge in [0.15, 0.2) is 6.61 Å². The molecule has 4 nitrogen and oxygen atoms in total. The third kappa shape index (κ3) is 5.50. The summed E-state index contributed by atoms with van der Waals surface area (Å²) in [4.78, 5) is 23.3. The van der Waals surface area contributed by atoms with Gasteiger partial charge in [0.2, 0.25) is 0 Å². The molecule has 5 heteroatoms. The van der Waals surface area contributed by atoms with Gasteiger partial charge in [0.1, 0.15) is 5.82 Å².